The van der Waals surface area contributed by atoms with Gasteiger partial charge in [0.15, 0.2) is 5.82 Å². The van der Waals surface area contributed by atoms with E-state index < -0.39 is 5.97 Å². The summed E-state index contributed by atoms with van der Waals surface area (Å²) in [5.41, 5.74) is 0.974. The molecule has 0 saturated carbocycles. The molecule has 0 bridgehead atoms. The van der Waals surface area contributed by atoms with Crippen molar-refractivity contribution in [1.82, 2.24) is 14.5 Å². The van der Waals surface area contributed by atoms with E-state index in [0.29, 0.717) is 5.82 Å². The number of aryl methyl sites for hydroxylation is 2. The first kappa shape index (κ1) is 12.3. The van der Waals surface area contributed by atoms with Crippen molar-refractivity contribution in [3.05, 3.63) is 41.6 Å². The number of carboxylic acids is 1. The Labute approximate surface area is 105 Å². The van der Waals surface area contributed by atoms with Crippen LogP contribution < -0.4 is 0 Å². The second kappa shape index (κ2) is 5.00. The van der Waals surface area contributed by atoms with Gasteiger partial charge < -0.3 is 5.11 Å². The predicted octanol–water partition coefficient (Wildman–Crippen LogP) is 2.23. The summed E-state index contributed by atoms with van der Waals surface area (Å²) < 4.78 is 1.75. The van der Waals surface area contributed by atoms with E-state index in [1.165, 1.54) is 0 Å². The van der Waals surface area contributed by atoms with Crippen LogP contribution in [0, 0.1) is 6.92 Å². The summed E-state index contributed by atoms with van der Waals surface area (Å²) in [6.07, 6.45) is 5.16. The first-order valence-corrected chi connectivity index (χ1v) is 5.87. The van der Waals surface area contributed by atoms with E-state index in [4.69, 9.17) is 0 Å². The molecule has 18 heavy (non-hydrogen) atoms. The largest absolute Gasteiger partial charge is 0.478 e. The smallest absolute Gasteiger partial charge is 0.339 e. The Morgan fingerprint density at radius 2 is 2.22 bits per heavy atom. The van der Waals surface area contributed by atoms with Gasteiger partial charge in [-0.3, -0.25) is 4.57 Å². The minimum absolute atomic E-state index is 0.191. The van der Waals surface area contributed by atoms with Crippen molar-refractivity contribution in [2.24, 2.45) is 0 Å². The van der Waals surface area contributed by atoms with Gasteiger partial charge in [0.25, 0.3) is 0 Å². The van der Waals surface area contributed by atoms with Gasteiger partial charge in [0.2, 0.25) is 0 Å². The van der Waals surface area contributed by atoms with Crippen molar-refractivity contribution < 1.29 is 9.90 Å². The Morgan fingerprint density at radius 1 is 1.44 bits per heavy atom. The fourth-order valence-corrected chi connectivity index (χ4v) is 1.83. The molecule has 2 heterocycles. The highest BCUT2D eigenvalue weighted by molar-refractivity contribution is 5.91. The monoisotopic (exact) mass is 245 g/mol. The molecule has 0 unspecified atom stereocenters. The third-order valence-electron chi connectivity index (χ3n) is 2.66. The summed E-state index contributed by atoms with van der Waals surface area (Å²) in [6, 6.07) is 3.28. The summed E-state index contributed by atoms with van der Waals surface area (Å²) in [4.78, 5) is 19.8. The normalized spacial score (nSPS) is 10.6. The quantitative estimate of drug-likeness (QED) is 0.896. The number of hydrogen-bond donors (Lipinski definition) is 1. The van der Waals surface area contributed by atoms with E-state index in [0.717, 1.165) is 24.4 Å². The van der Waals surface area contributed by atoms with Crippen LogP contribution in [0.3, 0.4) is 0 Å². The van der Waals surface area contributed by atoms with Crippen molar-refractivity contribution in [1.29, 1.82) is 0 Å². The number of carbonyl (C=O) groups is 1. The van der Waals surface area contributed by atoms with Crippen LogP contribution in [0.1, 0.15) is 35.2 Å². The predicted molar refractivity (Wildman–Crippen MR) is 67.1 cm³/mol. The van der Waals surface area contributed by atoms with Crippen LogP contribution in [0.25, 0.3) is 5.82 Å². The van der Waals surface area contributed by atoms with Crippen molar-refractivity contribution in [3.63, 3.8) is 0 Å². The third kappa shape index (κ3) is 2.25. The molecule has 2 rings (SSSR count). The highest BCUT2D eigenvalue weighted by Crippen LogP contribution is 2.16. The minimum Gasteiger partial charge on any atom is -0.478 e. The molecule has 2 aromatic heterocycles. The molecule has 0 aliphatic rings. The molecule has 0 aliphatic heterocycles. The molecular weight excluding hydrogens is 230 g/mol. The number of pyridine rings is 1. The van der Waals surface area contributed by atoms with Crippen molar-refractivity contribution >= 4 is 5.97 Å². The number of aromatic carboxylic acids is 1. The Hall–Kier alpha value is -2.17. The van der Waals surface area contributed by atoms with E-state index >= 15 is 0 Å². The van der Waals surface area contributed by atoms with Gasteiger partial charge in [0.1, 0.15) is 11.4 Å². The van der Waals surface area contributed by atoms with Gasteiger partial charge in [0, 0.05) is 24.5 Å². The Morgan fingerprint density at radius 3 is 2.89 bits per heavy atom. The molecule has 0 aliphatic carbocycles. The molecule has 0 saturated heterocycles. The van der Waals surface area contributed by atoms with Gasteiger partial charge in [-0.25, -0.2) is 14.8 Å². The zero-order valence-corrected chi connectivity index (χ0v) is 10.4. The highest BCUT2D eigenvalue weighted by Gasteiger charge is 2.15. The number of hydrogen-bond acceptors (Lipinski definition) is 3. The zero-order valence-electron chi connectivity index (χ0n) is 10.4. The Bertz CT molecular complexity index is 575. The molecule has 2 aromatic rings. The van der Waals surface area contributed by atoms with E-state index in [2.05, 4.69) is 16.9 Å². The molecule has 94 valence electrons. The third-order valence-corrected chi connectivity index (χ3v) is 2.66. The summed E-state index contributed by atoms with van der Waals surface area (Å²) in [5.74, 6) is 0.287. The van der Waals surface area contributed by atoms with E-state index in [-0.39, 0.29) is 5.56 Å². The molecule has 5 heteroatoms. The van der Waals surface area contributed by atoms with Gasteiger partial charge in [-0.15, -0.1) is 0 Å². The van der Waals surface area contributed by atoms with Crippen molar-refractivity contribution in [2.45, 2.75) is 26.7 Å². The van der Waals surface area contributed by atoms with E-state index in [9.17, 15) is 9.90 Å². The minimum atomic E-state index is -0.978. The molecule has 0 amide bonds. The maximum atomic E-state index is 11.2. The second-order valence-corrected chi connectivity index (χ2v) is 4.09. The summed E-state index contributed by atoms with van der Waals surface area (Å²) in [7, 11) is 0. The Balaban J connectivity index is 2.58. The highest BCUT2D eigenvalue weighted by atomic mass is 16.4. The average Bonchev–Trinajstić information content (AvgIpc) is 2.77. The molecule has 5 nitrogen and oxygen atoms in total. The fraction of sp³-hybridized carbons (Fsp3) is 0.308. The average molecular weight is 245 g/mol. The molecule has 0 atom stereocenters. The van der Waals surface area contributed by atoms with Crippen LogP contribution in [-0.2, 0) is 6.42 Å². The maximum Gasteiger partial charge on any atom is 0.339 e. The molecule has 0 aromatic carbocycles. The lowest BCUT2D eigenvalue weighted by atomic mass is 10.2. The fourth-order valence-electron chi connectivity index (χ4n) is 1.83. The summed E-state index contributed by atoms with van der Waals surface area (Å²) in [5, 5.41) is 9.20. The lowest BCUT2D eigenvalue weighted by Gasteiger charge is -2.10. The van der Waals surface area contributed by atoms with Crippen LogP contribution in [0.2, 0.25) is 0 Å². The van der Waals surface area contributed by atoms with Crippen molar-refractivity contribution in [3.8, 4) is 5.82 Å². The zero-order chi connectivity index (χ0) is 13.1. The number of imidazole rings is 1. The van der Waals surface area contributed by atoms with Gasteiger partial charge in [0.05, 0.1) is 0 Å². The van der Waals surface area contributed by atoms with Gasteiger partial charge >= 0.3 is 5.97 Å². The molecule has 0 spiro atoms. The molecule has 1 N–H and O–H groups in total. The first-order valence-electron chi connectivity index (χ1n) is 5.87. The van der Waals surface area contributed by atoms with Crippen LogP contribution in [0.15, 0.2) is 24.5 Å². The second-order valence-electron chi connectivity index (χ2n) is 4.09. The van der Waals surface area contributed by atoms with Gasteiger partial charge in [-0.05, 0) is 25.5 Å². The SMILES string of the molecule is CCCc1nccn1-c1nc(C)ccc1C(=O)O. The lowest BCUT2D eigenvalue weighted by molar-refractivity contribution is 0.0696. The van der Waals surface area contributed by atoms with E-state index in [1.54, 1.807) is 29.1 Å². The molecule has 0 radical (unpaired) electrons. The topological polar surface area (TPSA) is 68.0 Å². The summed E-state index contributed by atoms with van der Waals surface area (Å²) in [6.45, 7) is 3.90. The lowest BCUT2D eigenvalue weighted by Crippen LogP contribution is -2.10. The maximum absolute atomic E-state index is 11.2. The summed E-state index contributed by atoms with van der Waals surface area (Å²) >= 11 is 0. The number of aromatic nitrogens is 3. The number of carboxylic acid groups (broad SMARTS) is 1. The Kier molecular flexibility index (Phi) is 3.41. The van der Waals surface area contributed by atoms with Crippen LogP contribution in [-0.4, -0.2) is 25.6 Å². The van der Waals surface area contributed by atoms with Crippen LogP contribution in [0.4, 0.5) is 0 Å². The van der Waals surface area contributed by atoms with E-state index in [1.807, 2.05) is 6.92 Å². The van der Waals surface area contributed by atoms with Gasteiger partial charge in [-0.1, -0.05) is 6.92 Å². The van der Waals surface area contributed by atoms with Crippen LogP contribution in [0.5, 0.6) is 0 Å². The van der Waals surface area contributed by atoms with Crippen LogP contribution >= 0.6 is 0 Å². The van der Waals surface area contributed by atoms with Crippen molar-refractivity contribution in [2.75, 3.05) is 0 Å². The molecular formula is C13H15N3O2. The van der Waals surface area contributed by atoms with Gasteiger partial charge in [-0.2, -0.15) is 0 Å². The first-order chi connectivity index (χ1) is 8.63. The number of nitrogens with zero attached hydrogens (tertiary/aromatic N) is 3. The standard InChI is InChI=1S/C13H15N3O2/c1-3-4-11-14-7-8-16(11)12-10(13(17)18)6-5-9(2)15-12/h5-8H,3-4H2,1-2H3,(H,17,18). The number of rotatable bonds is 4. The molecule has 0 fully saturated rings.